The Hall–Kier alpha value is -1.52. The Labute approximate surface area is 132 Å². The molecule has 4 heteroatoms. The third kappa shape index (κ3) is 2.65. The number of anilines is 1. The van der Waals surface area contributed by atoms with Crippen molar-refractivity contribution in [2.75, 3.05) is 18.0 Å². The van der Waals surface area contributed by atoms with Crippen LogP contribution in [0.15, 0.2) is 57.8 Å². The summed E-state index contributed by atoms with van der Waals surface area (Å²) in [5.41, 5.74) is 2.46. The molecule has 1 saturated heterocycles. The molecule has 0 aliphatic carbocycles. The van der Waals surface area contributed by atoms with Gasteiger partial charge in [-0.15, -0.1) is 11.3 Å². The van der Waals surface area contributed by atoms with Crippen molar-refractivity contribution in [2.45, 2.75) is 22.1 Å². The van der Waals surface area contributed by atoms with Gasteiger partial charge in [-0.2, -0.15) is 0 Å². The smallest absolute Gasteiger partial charge is 0.155 e. The molecule has 1 aromatic heterocycles. The molecule has 0 saturated carbocycles. The van der Waals surface area contributed by atoms with E-state index in [9.17, 15) is 0 Å². The predicted molar refractivity (Wildman–Crippen MR) is 91.6 cm³/mol. The predicted octanol–water partition coefficient (Wildman–Crippen LogP) is 5.05. The second kappa shape index (κ2) is 5.70. The number of thiazole rings is 1. The lowest BCUT2D eigenvalue weighted by atomic mass is 10.3. The fraction of sp³-hybridized carbons (Fsp3) is 0.235. The highest BCUT2D eigenvalue weighted by atomic mass is 32.2. The van der Waals surface area contributed by atoms with Crippen molar-refractivity contribution in [1.29, 1.82) is 0 Å². The molecule has 0 amide bonds. The standard InChI is InChI=1S/C17H16N2S2/c1-3-9-15-13(7-1)18-17(20-15)21-16-10-4-2-8-14(16)19-11-5-6-12-19/h1-4,7-10H,5-6,11-12H2. The van der Waals surface area contributed by atoms with Gasteiger partial charge in [0.1, 0.15) is 0 Å². The van der Waals surface area contributed by atoms with E-state index >= 15 is 0 Å². The third-order valence-electron chi connectivity index (χ3n) is 3.78. The van der Waals surface area contributed by atoms with Gasteiger partial charge in [-0.1, -0.05) is 36.0 Å². The zero-order valence-corrected chi connectivity index (χ0v) is 13.3. The van der Waals surface area contributed by atoms with Crippen LogP contribution in [0.4, 0.5) is 5.69 Å². The monoisotopic (exact) mass is 312 g/mol. The second-order valence-electron chi connectivity index (χ2n) is 5.21. The number of hydrogen-bond acceptors (Lipinski definition) is 4. The van der Waals surface area contributed by atoms with Gasteiger partial charge in [-0.25, -0.2) is 4.98 Å². The minimum atomic E-state index is 1.10. The SMILES string of the molecule is c1ccc(N2CCCC2)c(Sc2nc3ccccc3s2)c1. The summed E-state index contributed by atoms with van der Waals surface area (Å²) >= 11 is 3.57. The van der Waals surface area contributed by atoms with Crippen molar-refractivity contribution >= 4 is 39.0 Å². The summed E-state index contributed by atoms with van der Waals surface area (Å²) in [7, 11) is 0. The maximum Gasteiger partial charge on any atom is 0.155 e. The lowest BCUT2D eigenvalue weighted by Gasteiger charge is -2.20. The average molecular weight is 312 g/mol. The van der Waals surface area contributed by atoms with Gasteiger partial charge in [0.25, 0.3) is 0 Å². The van der Waals surface area contributed by atoms with Crippen LogP contribution in [0.2, 0.25) is 0 Å². The van der Waals surface area contributed by atoms with Crippen LogP contribution in [0.25, 0.3) is 10.2 Å². The molecular formula is C17H16N2S2. The van der Waals surface area contributed by atoms with Gasteiger partial charge in [-0.05, 0) is 37.1 Å². The highest BCUT2D eigenvalue weighted by Gasteiger charge is 2.16. The fourth-order valence-electron chi connectivity index (χ4n) is 2.75. The molecule has 0 unspecified atom stereocenters. The van der Waals surface area contributed by atoms with E-state index in [1.807, 2.05) is 0 Å². The molecule has 1 fully saturated rings. The molecule has 0 atom stereocenters. The largest absolute Gasteiger partial charge is 0.371 e. The van der Waals surface area contributed by atoms with Crippen LogP contribution in [0.1, 0.15) is 12.8 Å². The maximum absolute atomic E-state index is 4.74. The van der Waals surface area contributed by atoms with E-state index in [0.717, 1.165) is 9.86 Å². The number of aromatic nitrogens is 1. The van der Waals surface area contributed by atoms with E-state index in [1.165, 1.54) is 41.2 Å². The molecule has 2 heterocycles. The maximum atomic E-state index is 4.74. The molecule has 1 aliphatic rings. The third-order valence-corrected chi connectivity index (χ3v) is 5.95. The van der Waals surface area contributed by atoms with E-state index in [2.05, 4.69) is 53.4 Å². The van der Waals surface area contributed by atoms with Gasteiger partial charge in [0.15, 0.2) is 4.34 Å². The quantitative estimate of drug-likeness (QED) is 0.673. The molecule has 0 spiro atoms. The van der Waals surface area contributed by atoms with Gasteiger partial charge in [0.2, 0.25) is 0 Å². The number of benzene rings is 2. The zero-order valence-electron chi connectivity index (χ0n) is 11.7. The van der Waals surface area contributed by atoms with Crippen molar-refractivity contribution in [1.82, 2.24) is 4.98 Å². The number of hydrogen-bond donors (Lipinski definition) is 0. The number of nitrogens with zero attached hydrogens (tertiary/aromatic N) is 2. The fourth-order valence-corrected chi connectivity index (χ4v) is 4.93. The highest BCUT2D eigenvalue weighted by Crippen LogP contribution is 2.39. The number of para-hydroxylation sites is 2. The van der Waals surface area contributed by atoms with E-state index in [-0.39, 0.29) is 0 Å². The molecule has 0 N–H and O–H groups in total. The highest BCUT2D eigenvalue weighted by molar-refractivity contribution is 8.01. The molecule has 0 radical (unpaired) electrons. The summed E-state index contributed by atoms with van der Waals surface area (Å²) in [5, 5.41) is 0. The molecule has 106 valence electrons. The first-order valence-electron chi connectivity index (χ1n) is 7.27. The van der Waals surface area contributed by atoms with Crippen LogP contribution < -0.4 is 4.90 Å². The zero-order chi connectivity index (χ0) is 14.1. The minimum absolute atomic E-state index is 1.10. The Morgan fingerprint density at radius 2 is 1.71 bits per heavy atom. The summed E-state index contributed by atoms with van der Waals surface area (Å²) in [4.78, 5) is 8.55. The van der Waals surface area contributed by atoms with Crippen LogP contribution in [0.3, 0.4) is 0 Å². The number of fused-ring (bicyclic) bond motifs is 1. The summed E-state index contributed by atoms with van der Waals surface area (Å²) in [6.45, 7) is 2.36. The summed E-state index contributed by atoms with van der Waals surface area (Å²) < 4.78 is 2.39. The van der Waals surface area contributed by atoms with Crippen LogP contribution in [-0.2, 0) is 0 Å². The van der Waals surface area contributed by atoms with Crippen molar-refractivity contribution in [2.24, 2.45) is 0 Å². The van der Waals surface area contributed by atoms with Gasteiger partial charge >= 0.3 is 0 Å². The first-order chi connectivity index (χ1) is 10.4. The topological polar surface area (TPSA) is 16.1 Å². The van der Waals surface area contributed by atoms with Crippen LogP contribution in [0.5, 0.6) is 0 Å². The van der Waals surface area contributed by atoms with Crippen molar-refractivity contribution < 1.29 is 0 Å². The number of rotatable bonds is 3. The molecule has 21 heavy (non-hydrogen) atoms. The van der Waals surface area contributed by atoms with E-state index in [4.69, 9.17) is 4.98 Å². The summed E-state index contributed by atoms with van der Waals surface area (Å²) in [6, 6.07) is 17.1. The molecular weight excluding hydrogens is 296 g/mol. The Morgan fingerprint density at radius 1 is 0.952 bits per heavy atom. The molecule has 1 aliphatic heterocycles. The molecule has 4 rings (SSSR count). The van der Waals surface area contributed by atoms with Crippen LogP contribution in [0, 0.1) is 0 Å². The normalized spacial score (nSPS) is 15.0. The molecule has 0 bridgehead atoms. The lowest BCUT2D eigenvalue weighted by molar-refractivity contribution is 0.949. The van der Waals surface area contributed by atoms with Gasteiger partial charge in [0.05, 0.1) is 15.9 Å². The van der Waals surface area contributed by atoms with Crippen LogP contribution in [-0.4, -0.2) is 18.1 Å². The van der Waals surface area contributed by atoms with Gasteiger partial charge in [0, 0.05) is 18.0 Å². The van der Waals surface area contributed by atoms with Gasteiger partial charge < -0.3 is 4.90 Å². The van der Waals surface area contributed by atoms with Crippen molar-refractivity contribution in [3.8, 4) is 0 Å². The Bertz CT molecular complexity index is 727. The van der Waals surface area contributed by atoms with Gasteiger partial charge in [-0.3, -0.25) is 0 Å². The van der Waals surface area contributed by atoms with Crippen molar-refractivity contribution in [3.63, 3.8) is 0 Å². The molecule has 2 nitrogen and oxygen atoms in total. The summed E-state index contributed by atoms with van der Waals surface area (Å²) in [6.07, 6.45) is 2.61. The Morgan fingerprint density at radius 3 is 2.57 bits per heavy atom. The van der Waals surface area contributed by atoms with E-state index in [1.54, 1.807) is 23.1 Å². The molecule has 3 aromatic rings. The Balaban J connectivity index is 1.67. The first-order valence-corrected chi connectivity index (χ1v) is 8.91. The summed E-state index contributed by atoms with van der Waals surface area (Å²) in [5.74, 6) is 0. The minimum Gasteiger partial charge on any atom is -0.371 e. The van der Waals surface area contributed by atoms with Crippen LogP contribution >= 0.6 is 23.1 Å². The Kier molecular flexibility index (Phi) is 3.57. The lowest BCUT2D eigenvalue weighted by Crippen LogP contribution is -2.18. The second-order valence-corrected chi connectivity index (χ2v) is 7.53. The van der Waals surface area contributed by atoms with E-state index in [0.29, 0.717) is 0 Å². The van der Waals surface area contributed by atoms with E-state index < -0.39 is 0 Å². The average Bonchev–Trinajstić information content (AvgIpc) is 3.16. The molecule has 2 aromatic carbocycles. The first kappa shape index (κ1) is 13.2. The van der Waals surface area contributed by atoms with Crippen molar-refractivity contribution in [3.05, 3.63) is 48.5 Å².